The summed E-state index contributed by atoms with van der Waals surface area (Å²) in [6.07, 6.45) is 3.36. The normalized spacial score (nSPS) is 24.0. The Morgan fingerprint density at radius 2 is 1.87 bits per heavy atom. The van der Waals surface area contributed by atoms with Crippen molar-refractivity contribution in [2.24, 2.45) is 11.8 Å². The lowest BCUT2D eigenvalue weighted by Gasteiger charge is -2.25. The van der Waals surface area contributed by atoms with Gasteiger partial charge in [-0.3, -0.25) is 9.59 Å². The highest BCUT2D eigenvalue weighted by atomic mass is 79.9. The molecule has 4 atom stereocenters. The standard InChI is InChI=1S/C16H20BrClNO3P/c1-22-16(21)13-7-9-23-8-6-12(13)15(20)14(19-18)10-2-4-11(17)5-3-10/h2-5,12-14,19,23H,6-9H2,1H3/t12-,13-,14?/m1/s1. The van der Waals surface area contributed by atoms with Crippen LogP contribution >= 0.6 is 36.3 Å². The molecule has 1 aromatic rings. The fourth-order valence-corrected chi connectivity index (χ4v) is 4.74. The lowest BCUT2D eigenvalue weighted by molar-refractivity contribution is -0.150. The Balaban J connectivity index is 2.25. The molecule has 2 unspecified atom stereocenters. The third-order valence-corrected chi connectivity index (χ3v) is 6.25. The molecule has 1 aromatic carbocycles. The minimum absolute atomic E-state index is 0.0376. The zero-order valence-electron chi connectivity index (χ0n) is 12.9. The third kappa shape index (κ3) is 4.76. The molecule has 0 radical (unpaired) electrons. The molecule has 4 nitrogen and oxygen atoms in total. The van der Waals surface area contributed by atoms with Gasteiger partial charge in [0.2, 0.25) is 0 Å². The van der Waals surface area contributed by atoms with E-state index < -0.39 is 6.04 Å². The van der Waals surface area contributed by atoms with Gasteiger partial charge in [0.05, 0.1) is 13.0 Å². The first-order chi connectivity index (χ1) is 11.1. The first-order valence-electron chi connectivity index (χ1n) is 7.52. The van der Waals surface area contributed by atoms with E-state index in [4.69, 9.17) is 16.5 Å². The van der Waals surface area contributed by atoms with Crippen LogP contribution in [0.1, 0.15) is 24.4 Å². The summed E-state index contributed by atoms with van der Waals surface area (Å²) in [5.74, 6) is -1.05. The van der Waals surface area contributed by atoms with Gasteiger partial charge in [-0.05, 0) is 54.6 Å². The molecular weight excluding hydrogens is 401 g/mol. The van der Waals surface area contributed by atoms with Gasteiger partial charge in [0, 0.05) is 10.4 Å². The van der Waals surface area contributed by atoms with Crippen molar-refractivity contribution in [1.29, 1.82) is 0 Å². The summed E-state index contributed by atoms with van der Waals surface area (Å²) in [7, 11) is 2.17. The molecule has 1 saturated heterocycles. The first-order valence-corrected chi connectivity index (χ1v) is 10.1. The van der Waals surface area contributed by atoms with Crippen molar-refractivity contribution in [3.63, 3.8) is 0 Å². The van der Waals surface area contributed by atoms with Crippen LogP contribution in [0.4, 0.5) is 0 Å². The molecule has 0 amide bonds. The number of nitrogens with one attached hydrogen (secondary N) is 1. The van der Waals surface area contributed by atoms with Crippen molar-refractivity contribution in [3.05, 3.63) is 34.3 Å². The number of hydrogen-bond donors (Lipinski definition) is 1. The highest BCUT2D eigenvalue weighted by Gasteiger charge is 2.38. The fraction of sp³-hybridized carbons (Fsp3) is 0.500. The van der Waals surface area contributed by atoms with Crippen LogP contribution in [0.3, 0.4) is 0 Å². The smallest absolute Gasteiger partial charge is 0.309 e. The SMILES string of the molecule is COC(=O)[C@@H]1CCPCC[C@H]1C(=O)C(NCl)c1ccc(Br)cc1. The summed E-state index contributed by atoms with van der Waals surface area (Å²) in [5.41, 5.74) is 0.795. The van der Waals surface area contributed by atoms with Gasteiger partial charge in [0.25, 0.3) is 0 Å². The summed E-state index contributed by atoms with van der Waals surface area (Å²) in [5, 5.41) is 0. The topological polar surface area (TPSA) is 55.4 Å². The maximum absolute atomic E-state index is 13.0. The number of carbonyl (C=O) groups excluding carboxylic acids is 2. The molecular formula is C16H20BrClNO3P. The molecule has 0 aromatic heterocycles. The number of benzene rings is 1. The number of rotatable bonds is 5. The average Bonchev–Trinajstić information content (AvgIpc) is 2.82. The largest absolute Gasteiger partial charge is 0.469 e. The molecule has 1 heterocycles. The summed E-state index contributed by atoms with van der Waals surface area (Å²) in [6, 6.07) is 6.83. The van der Waals surface area contributed by atoms with Gasteiger partial charge in [0.15, 0.2) is 5.78 Å². The molecule has 0 aliphatic carbocycles. The Morgan fingerprint density at radius 3 is 2.43 bits per heavy atom. The number of ether oxygens (including phenoxy) is 1. The molecule has 1 aliphatic heterocycles. The van der Waals surface area contributed by atoms with E-state index in [-0.39, 0.29) is 23.6 Å². The van der Waals surface area contributed by atoms with Crippen LogP contribution in [0.15, 0.2) is 28.7 Å². The Labute approximate surface area is 151 Å². The first kappa shape index (κ1) is 18.9. The van der Waals surface area contributed by atoms with E-state index in [9.17, 15) is 9.59 Å². The highest BCUT2D eigenvalue weighted by molar-refractivity contribution is 9.10. The van der Waals surface area contributed by atoms with Crippen molar-refractivity contribution in [1.82, 2.24) is 4.84 Å². The maximum Gasteiger partial charge on any atom is 0.309 e. The van der Waals surface area contributed by atoms with Gasteiger partial charge in [-0.2, -0.15) is 0 Å². The number of ketones is 1. The Hall–Kier alpha value is -0.480. The molecule has 1 fully saturated rings. The minimum atomic E-state index is -0.622. The van der Waals surface area contributed by atoms with Crippen molar-refractivity contribution in [3.8, 4) is 0 Å². The number of esters is 1. The number of carbonyl (C=O) groups is 2. The van der Waals surface area contributed by atoms with Crippen LogP contribution in [-0.2, 0) is 14.3 Å². The quantitative estimate of drug-likeness (QED) is 0.448. The number of methoxy groups -OCH3 is 1. The van der Waals surface area contributed by atoms with E-state index in [2.05, 4.69) is 20.8 Å². The zero-order valence-corrected chi connectivity index (χ0v) is 16.2. The summed E-state index contributed by atoms with van der Waals surface area (Å²) < 4.78 is 5.85. The molecule has 1 aliphatic rings. The molecule has 0 bridgehead atoms. The van der Waals surface area contributed by atoms with Gasteiger partial charge < -0.3 is 4.74 Å². The second kappa shape index (κ2) is 9.12. The van der Waals surface area contributed by atoms with Crippen molar-refractivity contribution in [2.45, 2.75) is 18.9 Å². The van der Waals surface area contributed by atoms with Gasteiger partial charge in [-0.1, -0.05) is 28.1 Å². The Kier molecular flexibility index (Phi) is 7.48. The highest BCUT2D eigenvalue weighted by Crippen LogP contribution is 2.35. The Morgan fingerprint density at radius 1 is 1.26 bits per heavy atom. The fourth-order valence-electron chi connectivity index (χ4n) is 2.97. The molecule has 1 N–H and O–H groups in total. The van der Waals surface area contributed by atoms with Crippen molar-refractivity contribution < 1.29 is 14.3 Å². The zero-order chi connectivity index (χ0) is 16.8. The third-order valence-electron chi connectivity index (χ3n) is 4.22. The monoisotopic (exact) mass is 419 g/mol. The predicted molar refractivity (Wildman–Crippen MR) is 97.2 cm³/mol. The van der Waals surface area contributed by atoms with Gasteiger partial charge >= 0.3 is 5.97 Å². The lowest BCUT2D eigenvalue weighted by Crippen LogP contribution is -2.36. The van der Waals surface area contributed by atoms with E-state index in [1.54, 1.807) is 0 Å². The van der Waals surface area contributed by atoms with Gasteiger partial charge in [-0.15, -0.1) is 8.58 Å². The summed E-state index contributed by atoms with van der Waals surface area (Å²) in [4.78, 5) is 27.7. The summed E-state index contributed by atoms with van der Waals surface area (Å²) in [6.45, 7) is 0. The van der Waals surface area contributed by atoms with Gasteiger partial charge in [0.1, 0.15) is 6.04 Å². The van der Waals surface area contributed by atoms with Crippen LogP contribution in [0, 0.1) is 11.8 Å². The molecule has 126 valence electrons. The van der Waals surface area contributed by atoms with E-state index in [1.165, 1.54) is 7.11 Å². The molecule has 0 spiro atoms. The number of Topliss-reactive ketones (excluding diaryl/α,β-unsaturated/α-hetero) is 1. The lowest BCUT2D eigenvalue weighted by atomic mass is 9.81. The van der Waals surface area contributed by atoms with E-state index in [1.807, 2.05) is 24.3 Å². The van der Waals surface area contributed by atoms with E-state index in [0.29, 0.717) is 12.8 Å². The second-order valence-electron chi connectivity index (χ2n) is 5.56. The second-order valence-corrected chi connectivity index (χ2v) is 8.19. The number of halogens is 2. The van der Waals surface area contributed by atoms with Crippen LogP contribution in [0.25, 0.3) is 0 Å². The van der Waals surface area contributed by atoms with Crippen LogP contribution in [-0.4, -0.2) is 31.2 Å². The summed E-state index contributed by atoms with van der Waals surface area (Å²) >= 11 is 9.24. The minimum Gasteiger partial charge on any atom is -0.469 e. The number of hydrogen-bond acceptors (Lipinski definition) is 4. The van der Waals surface area contributed by atoms with Crippen LogP contribution in [0.5, 0.6) is 0 Å². The van der Waals surface area contributed by atoms with Crippen molar-refractivity contribution >= 4 is 48.0 Å². The van der Waals surface area contributed by atoms with E-state index in [0.717, 1.165) is 30.9 Å². The predicted octanol–water partition coefficient (Wildman–Crippen LogP) is 3.68. The molecule has 7 heteroatoms. The molecule has 23 heavy (non-hydrogen) atoms. The molecule has 0 saturated carbocycles. The van der Waals surface area contributed by atoms with Gasteiger partial charge in [-0.25, -0.2) is 4.84 Å². The van der Waals surface area contributed by atoms with Crippen molar-refractivity contribution in [2.75, 3.05) is 19.4 Å². The van der Waals surface area contributed by atoms with Crippen LogP contribution < -0.4 is 4.84 Å². The maximum atomic E-state index is 13.0. The van der Waals surface area contributed by atoms with Crippen LogP contribution in [0.2, 0.25) is 0 Å². The molecule has 2 rings (SSSR count). The Bertz CT molecular complexity index is 555. The van der Waals surface area contributed by atoms with E-state index >= 15 is 0 Å². The average molecular weight is 421 g/mol.